The highest BCUT2D eigenvalue weighted by Gasteiger charge is 2.33. The number of rotatable bonds is 6. The number of anilines is 1. The highest BCUT2D eigenvalue weighted by molar-refractivity contribution is 8.00. The van der Waals surface area contributed by atoms with Gasteiger partial charge in [-0.15, -0.1) is 11.8 Å². The molecule has 0 radical (unpaired) electrons. The van der Waals surface area contributed by atoms with Crippen molar-refractivity contribution in [2.45, 2.75) is 6.18 Å². The summed E-state index contributed by atoms with van der Waals surface area (Å²) in [5.41, 5.74) is -0.856. The molecule has 1 fully saturated rings. The molecule has 0 saturated carbocycles. The summed E-state index contributed by atoms with van der Waals surface area (Å²) in [7, 11) is 0. The first-order chi connectivity index (χ1) is 10.9. The molecule has 0 atom stereocenters. The Morgan fingerprint density at radius 1 is 1.39 bits per heavy atom. The third kappa shape index (κ3) is 5.02. The monoisotopic (exact) mass is 348 g/mol. The molecule has 10 heteroatoms. The molecule has 1 aliphatic rings. The Morgan fingerprint density at radius 2 is 2.17 bits per heavy atom. The summed E-state index contributed by atoms with van der Waals surface area (Å²) in [5.74, 6) is 0.133. The van der Waals surface area contributed by atoms with Crippen molar-refractivity contribution in [3.63, 3.8) is 0 Å². The zero-order valence-electron chi connectivity index (χ0n) is 12.0. The molecule has 0 aliphatic carbocycles. The van der Waals surface area contributed by atoms with E-state index in [1.807, 2.05) is 0 Å². The van der Waals surface area contributed by atoms with Crippen LogP contribution in [0.3, 0.4) is 0 Å². The van der Waals surface area contributed by atoms with Gasteiger partial charge in [0.05, 0.1) is 17.2 Å². The average Bonchev–Trinajstić information content (AvgIpc) is 2.88. The molecule has 0 unspecified atom stereocenters. The number of nitrogens with one attached hydrogen (secondary N) is 2. The van der Waals surface area contributed by atoms with Gasteiger partial charge in [-0.05, 0) is 12.1 Å². The first-order valence-corrected chi connectivity index (χ1v) is 7.91. The van der Waals surface area contributed by atoms with E-state index in [0.717, 1.165) is 6.07 Å². The number of thioether (sulfide) groups is 1. The molecule has 126 valence electrons. The van der Waals surface area contributed by atoms with Crippen LogP contribution in [-0.4, -0.2) is 53.0 Å². The van der Waals surface area contributed by atoms with Crippen LogP contribution in [0.15, 0.2) is 18.3 Å². The molecule has 1 aliphatic heterocycles. The molecule has 0 spiro atoms. The van der Waals surface area contributed by atoms with Crippen LogP contribution in [0.4, 0.5) is 19.0 Å². The van der Waals surface area contributed by atoms with Crippen LogP contribution >= 0.6 is 11.8 Å². The Labute approximate surface area is 134 Å². The van der Waals surface area contributed by atoms with Gasteiger partial charge in [-0.2, -0.15) is 13.2 Å². The second-order valence-corrected chi connectivity index (χ2v) is 5.70. The Morgan fingerprint density at radius 3 is 2.83 bits per heavy atom. The highest BCUT2D eigenvalue weighted by atomic mass is 32.2. The van der Waals surface area contributed by atoms with E-state index in [1.165, 1.54) is 28.9 Å². The van der Waals surface area contributed by atoms with Gasteiger partial charge in [0.15, 0.2) is 0 Å². The molecule has 1 aromatic heterocycles. The van der Waals surface area contributed by atoms with Crippen molar-refractivity contribution in [1.82, 2.24) is 15.2 Å². The van der Waals surface area contributed by atoms with Crippen molar-refractivity contribution in [2.75, 3.05) is 36.6 Å². The van der Waals surface area contributed by atoms with Crippen LogP contribution in [0.5, 0.6) is 0 Å². The number of hydrogen-bond acceptors (Lipinski definition) is 5. The van der Waals surface area contributed by atoms with E-state index in [1.54, 1.807) is 0 Å². The quantitative estimate of drug-likeness (QED) is 0.755. The smallest absolute Gasteiger partial charge is 0.368 e. The molecule has 1 saturated heterocycles. The third-order valence-corrected chi connectivity index (χ3v) is 3.96. The van der Waals surface area contributed by atoms with Gasteiger partial charge < -0.3 is 15.5 Å². The topological polar surface area (TPSA) is 74.3 Å². The van der Waals surface area contributed by atoms with E-state index in [0.29, 0.717) is 11.6 Å². The van der Waals surface area contributed by atoms with Crippen molar-refractivity contribution in [1.29, 1.82) is 0 Å². The van der Waals surface area contributed by atoms with E-state index in [9.17, 15) is 22.8 Å². The first kappa shape index (κ1) is 17.4. The SMILES string of the molecule is O=C(CN1CSCC1=O)NCCNc1ncccc1C(F)(F)F. The second kappa shape index (κ2) is 7.53. The predicted molar refractivity (Wildman–Crippen MR) is 79.8 cm³/mol. The van der Waals surface area contributed by atoms with Crippen LogP contribution in [-0.2, 0) is 15.8 Å². The number of carbonyl (C=O) groups is 2. The van der Waals surface area contributed by atoms with E-state index in [2.05, 4.69) is 15.6 Å². The molecule has 2 rings (SSSR count). The molecule has 0 bridgehead atoms. The molecule has 1 aromatic rings. The van der Waals surface area contributed by atoms with E-state index >= 15 is 0 Å². The lowest BCUT2D eigenvalue weighted by atomic mass is 10.2. The van der Waals surface area contributed by atoms with Gasteiger partial charge in [0.1, 0.15) is 12.4 Å². The maximum Gasteiger partial charge on any atom is 0.419 e. The lowest BCUT2D eigenvalue weighted by Crippen LogP contribution is -2.39. The Hall–Kier alpha value is -1.97. The van der Waals surface area contributed by atoms with E-state index in [4.69, 9.17) is 0 Å². The van der Waals surface area contributed by atoms with Gasteiger partial charge in [0.2, 0.25) is 11.8 Å². The minimum absolute atomic E-state index is 0.0385. The predicted octanol–water partition coefficient (Wildman–Crippen LogP) is 1.16. The summed E-state index contributed by atoms with van der Waals surface area (Å²) in [6, 6.07) is 2.14. The average molecular weight is 348 g/mol. The van der Waals surface area contributed by atoms with Crippen molar-refractivity contribution in [3.05, 3.63) is 23.9 Å². The number of carbonyl (C=O) groups excluding carboxylic acids is 2. The minimum atomic E-state index is -4.49. The summed E-state index contributed by atoms with van der Waals surface area (Å²) < 4.78 is 38.3. The number of halogens is 3. The van der Waals surface area contributed by atoms with Crippen molar-refractivity contribution >= 4 is 29.4 Å². The fourth-order valence-electron chi connectivity index (χ4n) is 1.93. The molecule has 2 N–H and O–H groups in total. The number of aromatic nitrogens is 1. The molecular formula is C13H15F3N4O2S. The van der Waals surface area contributed by atoms with Gasteiger partial charge in [0.25, 0.3) is 0 Å². The summed E-state index contributed by atoms with van der Waals surface area (Å²) in [6.45, 7) is 0.180. The van der Waals surface area contributed by atoms with Crippen LogP contribution in [0.1, 0.15) is 5.56 Å². The van der Waals surface area contributed by atoms with Crippen LogP contribution < -0.4 is 10.6 Å². The fraction of sp³-hybridized carbons (Fsp3) is 0.462. The molecule has 6 nitrogen and oxygen atoms in total. The minimum Gasteiger partial charge on any atom is -0.368 e. The van der Waals surface area contributed by atoms with Gasteiger partial charge in [-0.3, -0.25) is 9.59 Å². The van der Waals surface area contributed by atoms with Gasteiger partial charge >= 0.3 is 6.18 Å². The largest absolute Gasteiger partial charge is 0.419 e. The zero-order valence-corrected chi connectivity index (χ0v) is 12.8. The molecule has 23 heavy (non-hydrogen) atoms. The lowest BCUT2D eigenvalue weighted by Gasteiger charge is -2.15. The third-order valence-electron chi connectivity index (χ3n) is 3.01. The van der Waals surface area contributed by atoms with Crippen molar-refractivity contribution in [2.24, 2.45) is 0 Å². The van der Waals surface area contributed by atoms with Crippen molar-refractivity contribution in [3.8, 4) is 0 Å². The summed E-state index contributed by atoms with van der Waals surface area (Å²) >= 11 is 1.43. The number of alkyl halides is 3. The van der Waals surface area contributed by atoms with Gasteiger partial charge in [0, 0.05) is 19.3 Å². The first-order valence-electron chi connectivity index (χ1n) is 6.76. The van der Waals surface area contributed by atoms with E-state index < -0.39 is 11.7 Å². The summed E-state index contributed by atoms with van der Waals surface area (Å²) in [4.78, 5) is 28.1. The fourth-order valence-corrected chi connectivity index (χ4v) is 2.83. The van der Waals surface area contributed by atoms with Crippen LogP contribution in [0.2, 0.25) is 0 Å². The van der Waals surface area contributed by atoms with Crippen molar-refractivity contribution < 1.29 is 22.8 Å². The summed E-state index contributed by atoms with van der Waals surface area (Å²) in [6.07, 6.45) is -3.24. The summed E-state index contributed by atoms with van der Waals surface area (Å²) in [5, 5.41) is 5.09. The Balaban J connectivity index is 1.75. The maximum atomic E-state index is 12.8. The maximum absolute atomic E-state index is 12.8. The normalized spacial score (nSPS) is 14.9. The van der Waals surface area contributed by atoms with Crippen LogP contribution in [0.25, 0.3) is 0 Å². The number of hydrogen-bond donors (Lipinski definition) is 2. The number of amides is 2. The lowest BCUT2D eigenvalue weighted by molar-refractivity contribution is -0.137. The molecule has 0 aromatic carbocycles. The van der Waals surface area contributed by atoms with E-state index in [-0.39, 0.29) is 37.3 Å². The molecule has 2 amide bonds. The molecular weight excluding hydrogens is 333 g/mol. The van der Waals surface area contributed by atoms with Crippen LogP contribution in [0, 0.1) is 0 Å². The Kier molecular flexibility index (Phi) is 5.69. The number of nitrogens with zero attached hydrogens (tertiary/aromatic N) is 2. The van der Waals surface area contributed by atoms with Gasteiger partial charge in [-0.1, -0.05) is 0 Å². The molecule has 2 heterocycles. The zero-order chi connectivity index (χ0) is 16.9. The number of pyridine rings is 1. The Bertz CT molecular complexity index is 583. The standard InChI is InChI=1S/C13H15F3N4O2S/c14-13(15,16)9-2-1-3-18-12(9)19-5-4-17-10(21)6-20-8-23-7-11(20)22/h1-3H,4-8H2,(H,17,21)(H,18,19). The second-order valence-electron chi connectivity index (χ2n) is 4.74. The van der Waals surface area contributed by atoms with Gasteiger partial charge in [-0.25, -0.2) is 4.98 Å². The highest BCUT2D eigenvalue weighted by Crippen LogP contribution is 2.33.